The Balaban J connectivity index is 1.71. The van der Waals surface area contributed by atoms with Crippen LogP contribution in [0, 0.1) is 17.0 Å². The minimum Gasteiger partial charge on any atom is -0.366 e. The second kappa shape index (κ2) is 10.4. The van der Waals surface area contributed by atoms with E-state index in [0.29, 0.717) is 12.1 Å². The molecular weight excluding hydrogens is 573 g/mol. The van der Waals surface area contributed by atoms with Gasteiger partial charge in [0.15, 0.2) is 0 Å². The molecule has 0 bridgehead atoms. The Morgan fingerprint density at radius 1 is 1.05 bits per heavy atom. The van der Waals surface area contributed by atoms with Crippen LogP contribution in [0.1, 0.15) is 54.6 Å². The zero-order chi connectivity index (χ0) is 29.9. The van der Waals surface area contributed by atoms with E-state index in [2.05, 4.69) is 16.0 Å². The van der Waals surface area contributed by atoms with Crippen LogP contribution in [0.25, 0.3) is 0 Å². The van der Waals surface area contributed by atoms with Gasteiger partial charge in [-0.25, -0.2) is 8.78 Å². The van der Waals surface area contributed by atoms with Crippen LogP contribution in [0.4, 0.5) is 20.2 Å². The molecule has 0 aromatic heterocycles. The van der Waals surface area contributed by atoms with Crippen molar-refractivity contribution in [3.63, 3.8) is 0 Å². The molecule has 7 nitrogen and oxygen atoms in total. The van der Waals surface area contributed by atoms with Crippen molar-refractivity contribution in [3.05, 3.63) is 93.0 Å². The molecule has 3 amide bonds. The fourth-order valence-electron chi connectivity index (χ4n) is 6.10. The third-order valence-corrected chi connectivity index (χ3v) is 8.32. The van der Waals surface area contributed by atoms with Gasteiger partial charge in [-0.15, -0.1) is 0 Å². The van der Waals surface area contributed by atoms with Crippen LogP contribution >= 0.6 is 23.2 Å². The summed E-state index contributed by atoms with van der Waals surface area (Å²) in [5, 5.41) is 8.56. The summed E-state index contributed by atoms with van der Waals surface area (Å²) in [6.45, 7) is 5.92. The molecule has 214 valence electrons. The third-order valence-electron chi connectivity index (χ3n) is 7.74. The Hall–Kier alpha value is -3.53. The van der Waals surface area contributed by atoms with E-state index in [4.69, 9.17) is 28.9 Å². The lowest BCUT2D eigenvalue weighted by Crippen LogP contribution is -2.49. The smallest absolute Gasteiger partial charge is 0.248 e. The first-order valence-electron chi connectivity index (χ1n) is 13.0. The topological polar surface area (TPSA) is 113 Å². The highest BCUT2D eigenvalue weighted by molar-refractivity contribution is 6.31. The lowest BCUT2D eigenvalue weighted by Gasteiger charge is -2.37. The van der Waals surface area contributed by atoms with Gasteiger partial charge in [0.2, 0.25) is 17.7 Å². The van der Waals surface area contributed by atoms with Crippen molar-refractivity contribution in [3.8, 4) is 0 Å². The summed E-state index contributed by atoms with van der Waals surface area (Å²) in [6.07, 6.45) is 0.375. The fourth-order valence-corrected chi connectivity index (χ4v) is 6.45. The minimum atomic E-state index is -1.60. The molecule has 5 N–H and O–H groups in total. The first-order valence-corrected chi connectivity index (χ1v) is 13.7. The Bertz CT molecular complexity index is 1580. The quantitative estimate of drug-likeness (QED) is 0.298. The Kier molecular flexibility index (Phi) is 7.34. The maximum atomic E-state index is 15.8. The number of hydrogen-bond donors (Lipinski definition) is 4. The zero-order valence-electron chi connectivity index (χ0n) is 22.4. The predicted molar refractivity (Wildman–Crippen MR) is 154 cm³/mol. The number of anilines is 2. The standard InChI is InChI=1S/C30H28Cl2F2N4O3/c1-29(2,3)13-22-30(17-11-20(33)19(32)12-21(17)37-28(30)41)23(16-5-4-6-18(31)24(16)34)25(38-22)27(40)36-15-9-7-14(8-10-15)26(35)39/h4-12,22-23,25,38H,13H2,1-3H3,(H2,35,39)(H,36,40)(H,37,41)/t22-,23-,25+,30+/m1/s1. The predicted octanol–water partition coefficient (Wildman–Crippen LogP) is 5.76. The molecule has 0 aliphatic carbocycles. The van der Waals surface area contributed by atoms with E-state index in [-0.39, 0.29) is 37.8 Å². The van der Waals surface area contributed by atoms with Crippen molar-refractivity contribution in [1.82, 2.24) is 5.32 Å². The zero-order valence-corrected chi connectivity index (χ0v) is 24.0. The van der Waals surface area contributed by atoms with Gasteiger partial charge in [0, 0.05) is 28.9 Å². The fraction of sp³-hybridized carbons (Fsp3) is 0.300. The first kappa shape index (κ1) is 29.0. The molecule has 2 aliphatic rings. The Morgan fingerprint density at radius 2 is 1.73 bits per heavy atom. The number of benzene rings is 3. The third kappa shape index (κ3) is 4.96. The van der Waals surface area contributed by atoms with Crippen molar-refractivity contribution in [2.75, 3.05) is 10.6 Å². The number of primary amides is 1. The molecule has 5 rings (SSSR count). The van der Waals surface area contributed by atoms with E-state index in [1.165, 1.54) is 48.5 Å². The lowest BCUT2D eigenvalue weighted by atomic mass is 9.62. The van der Waals surface area contributed by atoms with Gasteiger partial charge in [-0.1, -0.05) is 56.1 Å². The highest BCUT2D eigenvalue weighted by Crippen LogP contribution is 2.57. The summed E-state index contributed by atoms with van der Waals surface area (Å²) in [7, 11) is 0. The number of carbonyl (C=O) groups excluding carboxylic acids is 3. The molecule has 3 aromatic carbocycles. The summed E-state index contributed by atoms with van der Waals surface area (Å²) >= 11 is 12.3. The highest BCUT2D eigenvalue weighted by atomic mass is 35.5. The average Bonchev–Trinajstić information content (AvgIpc) is 3.35. The normalized spacial score (nSPS) is 23.4. The number of hydrogen-bond acceptors (Lipinski definition) is 4. The van der Waals surface area contributed by atoms with Gasteiger partial charge < -0.3 is 21.7 Å². The van der Waals surface area contributed by atoms with Gasteiger partial charge in [-0.3, -0.25) is 14.4 Å². The molecule has 2 aliphatic heterocycles. The second-order valence-electron chi connectivity index (χ2n) is 11.6. The number of rotatable bonds is 5. The highest BCUT2D eigenvalue weighted by Gasteiger charge is 2.66. The van der Waals surface area contributed by atoms with Crippen molar-refractivity contribution >= 4 is 52.3 Å². The van der Waals surface area contributed by atoms with Crippen molar-refractivity contribution in [2.24, 2.45) is 11.1 Å². The molecule has 0 saturated carbocycles. The van der Waals surface area contributed by atoms with Crippen LogP contribution < -0.4 is 21.7 Å². The number of nitrogens with two attached hydrogens (primary N) is 1. The van der Waals surface area contributed by atoms with Crippen LogP contribution in [0.5, 0.6) is 0 Å². The second-order valence-corrected chi connectivity index (χ2v) is 12.5. The van der Waals surface area contributed by atoms with Gasteiger partial charge in [-0.05, 0) is 65.4 Å². The van der Waals surface area contributed by atoms with Crippen LogP contribution in [-0.2, 0) is 15.0 Å². The molecule has 1 saturated heterocycles. The molecule has 1 spiro atoms. The molecule has 0 radical (unpaired) electrons. The Morgan fingerprint density at radius 3 is 2.37 bits per heavy atom. The first-order chi connectivity index (χ1) is 19.2. The number of fused-ring (bicyclic) bond motifs is 2. The van der Waals surface area contributed by atoms with Gasteiger partial charge in [0.25, 0.3) is 0 Å². The monoisotopic (exact) mass is 600 g/mol. The minimum absolute atomic E-state index is 0.0315. The van der Waals surface area contributed by atoms with E-state index in [1.807, 2.05) is 20.8 Å². The summed E-state index contributed by atoms with van der Waals surface area (Å²) in [4.78, 5) is 39.6. The molecule has 11 heteroatoms. The number of amides is 3. The molecular formula is C30H28Cl2F2N4O3. The van der Waals surface area contributed by atoms with Crippen LogP contribution in [0.15, 0.2) is 54.6 Å². The molecule has 41 heavy (non-hydrogen) atoms. The van der Waals surface area contributed by atoms with Gasteiger partial charge in [0.1, 0.15) is 17.0 Å². The van der Waals surface area contributed by atoms with Crippen LogP contribution in [0.3, 0.4) is 0 Å². The molecule has 4 atom stereocenters. The molecule has 3 aromatic rings. The maximum absolute atomic E-state index is 15.8. The van der Waals surface area contributed by atoms with E-state index in [9.17, 15) is 14.4 Å². The maximum Gasteiger partial charge on any atom is 0.248 e. The number of halogens is 4. The van der Waals surface area contributed by atoms with Crippen molar-refractivity contribution in [2.45, 2.75) is 50.6 Å². The van der Waals surface area contributed by atoms with E-state index >= 15 is 8.78 Å². The van der Waals surface area contributed by atoms with Gasteiger partial charge >= 0.3 is 0 Å². The lowest BCUT2D eigenvalue weighted by molar-refractivity contribution is -0.122. The van der Waals surface area contributed by atoms with E-state index in [1.54, 1.807) is 6.07 Å². The number of carbonyl (C=O) groups is 3. The average molecular weight is 601 g/mol. The van der Waals surface area contributed by atoms with E-state index in [0.717, 1.165) is 0 Å². The SMILES string of the molecule is CC(C)(C)C[C@H]1N[C@H](C(=O)Nc2ccc(C(N)=O)cc2)[C@@H](c2cccc(Cl)c2F)[C@@]12C(=O)Nc1cc(Cl)c(F)cc12. The van der Waals surface area contributed by atoms with Crippen LogP contribution in [-0.4, -0.2) is 29.8 Å². The molecule has 2 heterocycles. The summed E-state index contributed by atoms with van der Waals surface area (Å²) in [6, 6.07) is 11.0. The molecule has 1 fully saturated rings. The summed E-state index contributed by atoms with van der Waals surface area (Å²) in [5.74, 6) is -4.36. The summed E-state index contributed by atoms with van der Waals surface area (Å²) in [5.41, 5.74) is 4.57. The van der Waals surface area contributed by atoms with E-state index < -0.39 is 52.8 Å². The van der Waals surface area contributed by atoms with Gasteiger partial charge in [-0.2, -0.15) is 0 Å². The molecule has 0 unspecified atom stereocenters. The Labute approximate surface area is 245 Å². The number of nitrogens with one attached hydrogen (secondary N) is 3. The van der Waals surface area contributed by atoms with Crippen LogP contribution in [0.2, 0.25) is 10.0 Å². The van der Waals surface area contributed by atoms with Gasteiger partial charge in [0.05, 0.1) is 16.1 Å². The van der Waals surface area contributed by atoms with Crippen molar-refractivity contribution < 1.29 is 23.2 Å². The summed E-state index contributed by atoms with van der Waals surface area (Å²) < 4.78 is 30.8. The largest absolute Gasteiger partial charge is 0.366 e. The van der Waals surface area contributed by atoms with Crippen molar-refractivity contribution in [1.29, 1.82) is 0 Å².